The van der Waals surface area contributed by atoms with E-state index in [0.29, 0.717) is 17.7 Å². The number of phenols is 1. The zero-order valence-electron chi connectivity index (χ0n) is 19.0. The van der Waals surface area contributed by atoms with E-state index in [1.165, 1.54) is 12.8 Å². The second-order valence-electron chi connectivity index (χ2n) is 9.45. The normalized spacial score (nSPS) is 22.1. The maximum Gasteiger partial charge on any atom is 0.225 e. The van der Waals surface area contributed by atoms with Crippen LogP contribution in [0.25, 0.3) is 5.82 Å². The SMILES string of the molecule is Cc1cnn2c1N(C)C(c1ccccc1O)C=C2NC1CCN(C(=O)C2CCCC2)CC1. The lowest BCUT2D eigenvalue weighted by Crippen LogP contribution is -2.47. The third-order valence-corrected chi connectivity index (χ3v) is 7.33. The molecule has 7 heteroatoms. The van der Waals surface area contributed by atoms with E-state index in [4.69, 9.17) is 0 Å². The van der Waals surface area contributed by atoms with Crippen LogP contribution in [0.4, 0.5) is 5.82 Å². The highest BCUT2D eigenvalue weighted by molar-refractivity contribution is 5.79. The van der Waals surface area contributed by atoms with E-state index in [1.807, 2.05) is 36.1 Å². The van der Waals surface area contributed by atoms with Crippen molar-refractivity contribution in [1.82, 2.24) is 20.0 Å². The van der Waals surface area contributed by atoms with Crippen molar-refractivity contribution in [2.75, 3.05) is 25.0 Å². The van der Waals surface area contributed by atoms with Crippen LogP contribution in [0, 0.1) is 12.8 Å². The Bertz CT molecular complexity index is 1020. The van der Waals surface area contributed by atoms with Crippen molar-refractivity contribution in [3.8, 4) is 5.75 Å². The van der Waals surface area contributed by atoms with Crippen LogP contribution in [0.1, 0.15) is 55.7 Å². The molecule has 1 saturated heterocycles. The molecule has 170 valence electrons. The highest BCUT2D eigenvalue weighted by Gasteiger charge is 2.33. The number of nitrogens with one attached hydrogen (secondary N) is 1. The van der Waals surface area contributed by atoms with Crippen LogP contribution in [0.15, 0.2) is 36.5 Å². The fraction of sp³-hybridized carbons (Fsp3) is 0.520. The monoisotopic (exact) mass is 435 g/mol. The number of para-hydroxylation sites is 1. The Labute approximate surface area is 189 Å². The summed E-state index contributed by atoms with van der Waals surface area (Å²) in [7, 11) is 2.04. The Kier molecular flexibility index (Phi) is 5.57. The first-order valence-corrected chi connectivity index (χ1v) is 11.9. The number of likely N-dealkylation sites (tertiary alicyclic amines) is 1. The van der Waals surface area contributed by atoms with Gasteiger partial charge in [-0.3, -0.25) is 4.79 Å². The molecule has 0 spiro atoms. The van der Waals surface area contributed by atoms with Gasteiger partial charge in [0, 0.05) is 43.2 Å². The van der Waals surface area contributed by atoms with Gasteiger partial charge in [0.15, 0.2) is 0 Å². The minimum atomic E-state index is -0.0920. The number of anilines is 1. The molecule has 2 fully saturated rings. The number of carbonyl (C=O) groups is 1. The van der Waals surface area contributed by atoms with Crippen molar-refractivity contribution >= 4 is 17.5 Å². The lowest BCUT2D eigenvalue weighted by Gasteiger charge is -2.38. The number of hydrogen-bond acceptors (Lipinski definition) is 5. The standard InChI is InChI=1S/C25H33N5O2/c1-17-16-26-30-23(15-21(28(2)24(17)30)20-9-5-6-10-22(20)31)27-19-11-13-29(14-12-19)25(32)18-7-3-4-8-18/h5-6,9-10,15-16,18-19,21,27,31H,3-4,7-8,11-14H2,1-2H3. The number of aryl methyl sites for hydroxylation is 1. The van der Waals surface area contributed by atoms with E-state index in [2.05, 4.69) is 33.2 Å². The summed E-state index contributed by atoms with van der Waals surface area (Å²) in [6, 6.07) is 7.71. The number of amides is 1. The number of benzene rings is 1. The summed E-state index contributed by atoms with van der Waals surface area (Å²) in [4.78, 5) is 17.0. The number of fused-ring (bicyclic) bond motifs is 1. The van der Waals surface area contributed by atoms with Gasteiger partial charge in [0.2, 0.25) is 5.91 Å². The fourth-order valence-corrected chi connectivity index (χ4v) is 5.52. The molecular formula is C25H33N5O2. The third kappa shape index (κ3) is 3.74. The molecule has 0 radical (unpaired) electrons. The minimum Gasteiger partial charge on any atom is -0.508 e. The number of carbonyl (C=O) groups excluding carboxylic acids is 1. The predicted molar refractivity (Wildman–Crippen MR) is 125 cm³/mol. The Morgan fingerprint density at radius 2 is 1.84 bits per heavy atom. The number of nitrogens with zero attached hydrogens (tertiary/aromatic N) is 4. The van der Waals surface area contributed by atoms with Crippen molar-refractivity contribution in [2.45, 2.75) is 57.5 Å². The van der Waals surface area contributed by atoms with Crippen molar-refractivity contribution in [3.05, 3.63) is 47.7 Å². The molecule has 1 aromatic carbocycles. The molecule has 7 nitrogen and oxygen atoms in total. The zero-order chi connectivity index (χ0) is 22.2. The molecule has 3 aliphatic rings. The largest absolute Gasteiger partial charge is 0.508 e. The number of phenolic OH excluding ortho intramolecular Hbond substituents is 1. The highest BCUT2D eigenvalue weighted by Crippen LogP contribution is 2.38. The van der Waals surface area contributed by atoms with Crippen LogP contribution in [0.2, 0.25) is 0 Å². The van der Waals surface area contributed by atoms with E-state index in [-0.39, 0.29) is 12.0 Å². The molecule has 2 aromatic rings. The molecule has 1 amide bonds. The van der Waals surface area contributed by atoms with Gasteiger partial charge in [0.1, 0.15) is 17.4 Å². The van der Waals surface area contributed by atoms with Crippen molar-refractivity contribution in [3.63, 3.8) is 0 Å². The fourth-order valence-electron chi connectivity index (χ4n) is 5.52. The Balaban J connectivity index is 1.33. The van der Waals surface area contributed by atoms with Gasteiger partial charge < -0.3 is 20.2 Å². The van der Waals surface area contributed by atoms with Gasteiger partial charge in [0.25, 0.3) is 0 Å². The third-order valence-electron chi connectivity index (χ3n) is 7.33. The Morgan fingerprint density at radius 3 is 2.56 bits per heavy atom. The van der Waals surface area contributed by atoms with Gasteiger partial charge in [-0.05, 0) is 44.7 Å². The van der Waals surface area contributed by atoms with Crippen molar-refractivity contribution in [1.29, 1.82) is 0 Å². The van der Waals surface area contributed by atoms with Gasteiger partial charge in [-0.15, -0.1) is 0 Å². The minimum absolute atomic E-state index is 0.0920. The van der Waals surface area contributed by atoms with E-state index < -0.39 is 0 Å². The van der Waals surface area contributed by atoms with Crippen molar-refractivity contribution in [2.24, 2.45) is 5.92 Å². The first-order valence-electron chi connectivity index (χ1n) is 11.9. The molecule has 32 heavy (non-hydrogen) atoms. The molecule has 2 aliphatic heterocycles. The Morgan fingerprint density at radius 1 is 1.12 bits per heavy atom. The average Bonchev–Trinajstić information content (AvgIpc) is 3.47. The zero-order valence-corrected chi connectivity index (χ0v) is 19.0. The molecule has 2 N–H and O–H groups in total. The molecular weight excluding hydrogens is 402 g/mol. The molecule has 0 bridgehead atoms. The van der Waals surface area contributed by atoms with Gasteiger partial charge in [-0.25, -0.2) is 4.68 Å². The smallest absolute Gasteiger partial charge is 0.225 e. The number of piperidine rings is 1. The van der Waals surface area contributed by atoms with Crippen LogP contribution in [-0.4, -0.2) is 51.9 Å². The quantitative estimate of drug-likeness (QED) is 0.767. The van der Waals surface area contributed by atoms with Crippen LogP contribution in [0.3, 0.4) is 0 Å². The van der Waals surface area contributed by atoms with Crippen molar-refractivity contribution < 1.29 is 9.90 Å². The number of likely N-dealkylation sites (N-methyl/N-ethyl adjacent to an activating group) is 1. The van der Waals surface area contributed by atoms with E-state index >= 15 is 0 Å². The molecule has 1 atom stereocenters. The lowest BCUT2D eigenvalue weighted by atomic mass is 10.00. The average molecular weight is 436 g/mol. The summed E-state index contributed by atoms with van der Waals surface area (Å²) >= 11 is 0. The van der Waals surface area contributed by atoms with Crippen LogP contribution >= 0.6 is 0 Å². The van der Waals surface area contributed by atoms with Crippen LogP contribution < -0.4 is 10.2 Å². The van der Waals surface area contributed by atoms with Crippen LogP contribution in [0.5, 0.6) is 5.75 Å². The number of hydrogen-bond donors (Lipinski definition) is 2. The molecule has 1 unspecified atom stereocenters. The second-order valence-corrected chi connectivity index (χ2v) is 9.45. The molecule has 1 aromatic heterocycles. The van der Waals surface area contributed by atoms with Gasteiger partial charge in [-0.1, -0.05) is 31.0 Å². The first kappa shape index (κ1) is 20.9. The topological polar surface area (TPSA) is 73.6 Å². The molecule has 1 aliphatic carbocycles. The molecule has 5 rings (SSSR count). The number of rotatable bonds is 4. The highest BCUT2D eigenvalue weighted by atomic mass is 16.3. The second kappa shape index (κ2) is 8.52. The summed E-state index contributed by atoms with van der Waals surface area (Å²) in [5.41, 5.74) is 1.97. The summed E-state index contributed by atoms with van der Waals surface area (Å²) in [5, 5.41) is 18.8. The molecule has 1 saturated carbocycles. The maximum absolute atomic E-state index is 12.8. The molecule has 3 heterocycles. The maximum atomic E-state index is 12.8. The summed E-state index contributed by atoms with van der Waals surface area (Å²) in [6.07, 6.45) is 10.4. The first-order chi connectivity index (χ1) is 15.5. The number of aromatic hydroxyl groups is 1. The van der Waals surface area contributed by atoms with Gasteiger partial charge in [-0.2, -0.15) is 5.10 Å². The summed E-state index contributed by atoms with van der Waals surface area (Å²) in [5.74, 6) is 2.88. The predicted octanol–water partition coefficient (Wildman–Crippen LogP) is 3.66. The van der Waals surface area contributed by atoms with E-state index in [9.17, 15) is 9.90 Å². The van der Waals surface area contributed by atoms with Gasteiger partial charge >= 0.3 is 0 Å². The Hall–Kier alpha value is -2.96. The van der Waals surface area contributed by atoms with Gasteiger partial charge in [0.05, 0.1) is 12.2 Å². The van der Waals surface area contributed by atoms with E-state index in [1.54, 1.807) is 6.07 Å². The number of aromatic nitrogens is 2. The lowest BCUT2D eigenvalue weighted by molar-refractivity contribution is -0.136. The van der Waals surface area contributed by atoms with E-state index in [0.717, 1.165) is 61.5 Å². The summed E-state index contributed by atoms with van der Waals surface area (Å²) in [6.45, 7) is 3.69. The summed E-state index contributed by atoms with van der Waals surface area (Å²) < 4.78 is 1.96. The van der Waals surface area contributed by atoms with Crippen LogP contribution in [-0.2, 0) is 4.79 Å².